The van der Waals surface area contributed by atoms with Crippen molar-refractivity contribution in [1.82, 2.24) is 15.2 Å². The number of carbonyl (C=O) groups excluding carboxylic acids is 2. The predicted octanol–water partition coefficient (Wildman–Crippen LogP) is 4.41. The maximum atomic E-state index is 12.9. The molecule has 2 aromatic carbocycles. The summed E-state index contributed by atoms with van der Waals surface area (Å²) in [5.74, 6) is -0.915. The van der Waals surface area contributed by atoms with Crippen LogP contribution in [0.1, 0.15) is 29.0 Å². The molecule has 1 atom stereocenters. The van der Waals surface area contributed by atoms with Crippen LogP contribution in [0.3, 0.4) is 0 Å². The van der Waals surface area contributed by atoms with E-state index in [9.17, 15) is 22.8 Å². The molecule has 3 aromatic rings. The van der Waals surface area contributed by atoms with Crippen LogP contribution in [-0.2, 0) is 28.7 Å². The lowest BCUT2D eigenvalue weighted by atomic mass is 10.1. The van der Waals surface area contributed by atoms with Gasteiger partial charge in [0.25, 0.3) is 0 Å². The highest BCUT2D eigenvalue weighted by atomic mass is 32.1. The van der Waals surface area contributed by atoms with Gasteiger partial charge in [-0.15, -0.1) is 11.3 Å². The van der Waals surface area contributed by atoms with Gasteiger partial charge < -0.3 is 10.2 Å². The molecule has 1 aliphatic heterocycles. The van der Waals surface area contributed by atoms with Gasteiger partial charge in [-0.05, 0) is 36.2 Å². The van der Waals surface area contributed by atoms with Gasteiger partial charge in [-0.1, -0.05) is 24.3 Å². The molecule has 32 heavy (non-hydrogen) atoms. The van der Waals surface area contributed by atoms with E-state index in [0.29, 0.717) is 12.1 Å². The Morgan fingerprint density at radius 1 is 1.19 bits per heavy atom. The number of nitrogens with one attached hydrogen (secondary N) is 1. The fourth-order valence-electron chi connectivity index (χ4n) is 3.79. The number of benzene rings is 2. The van der Waals surface area contributed by atoms with Gasteiger partial charge in [0.1, 0.15) is 0 Å². The van der Waals surface area contributed by atoms with E-state index in [1.807, 2.05) is 24.3 Å². The predicted molar refractivity (Wildman–Crippen MR) is 116 cm³/mol. The van der Waals surface area contributed by atoms with Crippen molar-refractivity contribution in [2.45, 2.75) is 32.0 Å². The first-order valence-corrected chi connectivity index (χ1v) is 11.2. The number of aromatic nitrogens is 1. The molecule has 0 radical (unpaired) electrons. The molecule has 4 rings (SSSR count). The Morgan fingerprint density at radius 3 is 2.78 bits per heavy atom. The zero-order valence-corrected chi connectivity index (χ0v) is 18.0. The first kappa shape index (κ1) is 22.3. The van der Waals surface area contributed by atoms with Crippen molar-refractivity contribution in [3.8, 4) is 0 Å². The summed E-state index contributed by atoms with van der Waals surface area (Å²) in [6.45, 7) is 0.746. The summed E-state index contributed by atoms with van der Waals surface area (Å²) in [6, 6.07) is 12.9. The summed E-state index contributed by atoms with van der Waals surface area (Å²) in [5.41, 5.74) is 0.621. The zero-order chi connectivity index (χ0) is 22.7. The Kier molecular flexibility index (Phi) is 6.45. The molecule has 1 fully saturated rings. The highest BCUT2D eigenvalue weighted by molar-refractivity contribution is 7.18. The number of aryl methyl sites for hydroxylation is 1. The topological polar surface area (TPSA) is 62.3 Å². The van der Waals surface area contributed by atoms with Crippen LogP contribution >= 0.6 is 11.3 Å². The zero-order valence-electron chi connectivity index (χ0n) is 17.2. The van der Waals surface area contributed by atoms with E-state index in [-0.39, 0.29) is 31.3 Å². The first-order valence-electron chi connectivity index (χ1n) is 10.4. The van der Waals surface area contributed by atoms with Crippen LogP contribution in [0, 0.1) is 5.92 Å². The number of nitrogens with zero attached hydrogens (tertiary/aromatic N) is 2. The summed E-state index contributed by atoms with van der Waals surface area (Å²) in [7, 11) is 0. The Labute approximate surface area is 187 Å². The standard InChI is InChI=1S/C23H22F3N3O2S/c24-23(25,26)17-6-3-5-15(11-17)13-29-14-16(12-21(29)30)22(31)27-10-4-9-20-28-18-7-1-2-8-19(18)32-20/h1-3,5-8,11,16H,4,9-10,12-14H2,(H,27,31). The van der Waals surface area contributed by atoms with Gasteiger partial charge in [-0.2, -0.15) is 13.2 Å². The number of rotatable bonds is 7. The average Bonchev–Trinajstić information content (AvgIpc) is 3.34. The van der Waals surface area contributed by atoms with Crippen LogP contribution < -0.4 is 5.32 Å². The molecule has 1 N–H and O–H groups in total. The number of hydrogen-bond donors (Lipinski definition) is 1. The monoisotopic (exact) mass is 461 g/mol. The van der Waals surface area contributed by atoms with Crippen LogP contribution in [-0.4, -0.2) is 34.8 Å². The molecule has 168 valence electrons. The molecule has 0 aliphatic carbocycles. The first-order chi connectivity index (χ1) is 15.3. The van der Waals surface area contributed by atoms with E-state index in [1.165, 1.54) is 11.0 Å². The third-order valence-electron chi connectivity index (χ3n) is 5.42. The largest absolute Gasteiger partial charge is 0.416 e. The molecular weight excluding hydrogens is 439 g/mol. The van der Waals surface area contributed by atoms with Crippen LogP contribution in [0.2, 0.25) is 0 Å². The van der Waals surface area contributed by atoms with Gasteiger partial charge in [0, 0.05) is 32.5 Å². The molecule has 2 amide bonds. The number of amides is 2. The van der Waals surface area contributed by atoms with Crippen molar-refractivity contribution in [3.05, 3.63) is 64.7 Å². The smallest absolute Gasteiger partial charge is 0.356 e. The van der Waals surface area contributed by atoms with Crippen molar-refractivity contribution in [3.63, 3.8) is 0 Å². The highest BCUT2D eigenvalue weighted by Crippen LogP contribution is 2.30. The van der Waals surface area contributed by atoms with E-state index in [0.717, 1.165) is 40.2 Å². The van der Waals surface area contributed by atoms with Gasteiger partial charge in [0.15, 0.2) is 0 Å². The second kappa shape index (κ2) is 9.28. The highest BCUT2D eigenvalue weighted by Gasteiger charge is 2.35. The minimum absolute atomic E-state index is 0.0597. The minimum Gasteiger partial charge on any atom is -0.356 e. The van der Waals surface area contributed by atoms with Crippen molar-refractivity contribution in [2.75, 3.05) is 13.1 Å². The maximum Gasteiger partial charge on any atom is 0.416 e. The van der Waals surface area contributed by atoms with E-state index < -0.39 is 17.7 Å². The number of fused-ring (bicyclic) bond motifs is 1. The quantitative estimate of drug-likeness (QED) is 0.530. The van der Waals surface area contributed by atoms with Crippen molar-refractivity contribution < 1.29 is 22.8 Å². The second-order valence-electron chi connectivity index (χ2n) is 7.84. The van der Waals surface area contributed by atoms with Gasteiger partial charge >= 0.3 is 6.18 Å². The molecule has 1 saturated heterocycles. The number of thiazole rings is 1. The van der Waals surface area contributed by atoms with Crippen LogP contribution in [0.4, 0.5) is 13.2 Å². The molecule has 0 spiro atoms. The summed E-state index contributed by atoms with van der Waals surface area (Å²) in [4.78, 5) is 30.8. The normalized spacial score (nSPS) is 16.7. The Bertz CT molecular complexity index is 1100. The third-order valence-corrected chi connectivity index (χ3v) is 6.51. The van der Waals surface area contributed by atoms with E-state index >= 15 is 0 Å². The van der Waals surface area contributed by atoms with Gasteiger partial charge in [-0.3, -0.25) is 9.59 Å². The second-order valence-corrected chi connectivity index (χ2v) is 8.96. The van der Waals surface area contributed by atoms with Crippen molar-refractivity contribution in [2.24, 2.45) is 5.92 Å². The summed E-state index contributed by atoms with van der Waals surface area (Å²) < 4.78 is 39.8. The van der Waals surface area contributed by atoms with E-state index in [1.54, 1.807) is 17.4 Å². The molecule has 0 bridgehead atoms. The van der Waals surface area contributed by atoms with Crippen molar-refractivity contribution >= 4 is 33.4 Å². The summed E-state index contributed by atoms with van der Waals surface area (Å²) >= 11 is 1.64. The lowest BCUT2D eigenvalue weighted by Gasteiger charge is -2.17. The number of hydrogen-bond acceptors (Lipinski definition) is 4. The lowest BCUT2D eigenvalue weighted by Crippen LogP contribution is -2.33. The Hall–Kier alpha value is -2.94. The van der Waals surface area contributed by atoms with Gasteiger partial charge in [-0.25, -0.2) is 4.98 Å². The molecular formula is C23H22F3N3O2S. The maximum absolute atomic E-state index is 12.9. The molecule has 9 heteroatoms. The molecule has 1 unspecified atom stereocenters. The minimum atomic E-state index is -4.43. The number of likely N-dealkylation sites (tertiary alicyclic amines) is 1. The third kappa shape index (κ3) is 5.27. The fraction of sp³-hybridized carbons (Fsp3) is 0.348. The Morgan fingerprint density at radius 2 is 2.00 bits per heavy atom. The number of carbonyl (C=O) groups is 2. The van der Waals surface area contributed by atoms with Crippen LogP contribution in [0.15, 0.2) is 48.5 Å². The van der Waals surface area contributed by atoms with Crippen molar-refractivity contribution in [1.29, 1.82) is 0 Å². The van der Waals surface area contributed by atoms with E-state index in [2.05, 4.69) is 10.3 Å². The van der Waals surface area contributed by atoms with Crippen LogP contribution in [0.25, 0.3) is 10.2 Å². The molecule has 1 aliphatic rings. The number of alkyl halides is 3. The molecule has 0 saturated carbocycles. The summed E-state index contributed by atoms with van der Waals surface area (Å²) in [5, 5.41) is 3.89. The molecule has 5 nitrogen and oxygen atoms in total. The lowest BCUT2D eigenvalue weighted by molar-refractivity contribution is -0.137. The van der Waals surface area contributed by atoms with E-state index in [4.69, 9.17) is 0 Å². The molecule has 2 heterocycles. The SMILES string of the molecule is O=C(NCCCc1nc2ccccc2s1)C1CC(=O)N(Cc2cccc(C(F)(F)F)c2)C1. The van der Waals surface area contributed by atoms with Gasteiger partial charge in [0.2, 0.25) is 11.8 Å². The average molecular weight is 462 g/mol. The Balaban J connectivity index is 1.25. The molecule has 1 aromatic heterocycles. The fourth-order valence-corrected chi connectivity index (χ4v) is 4.80. The number of para-hydroxylation sites is 1. The van der Waals surface area contributed by atoms with Gasteiger partial charge in [0.05, 0.1) is 26.7 Å². The van der Waals surface area contributed by atoms with Crippen LogP contribution in [0.5, 0.6) is 0 Å². The summed E-state index contributed by atoms with van der Waals surface area (Å²) in [6.07, 6.45) is -2.87. The number of halogens is 3.